The predicted octanol–water partition coefficient (Wildman–Crippen LogP) is 1.21. The molecule has 10 heavy (non-hydrogen) atoms. The van der Waals surface area contributed by atoms with E-state index in [1.807, 2.05) is 6.92 Å². The smallest absolute Gasteiger partial charge is 0.259 e. The molecule has 0 aromatic heterocycles. The van der Waals surface area contributed by atoms with Gasteiger partial charge in [0.05, 0.1) is 0 Å². The highest BCUT2D eigenvalue weighted by atomic mass is 31.2. The van der Waals surface area contributed by atoms with Crippen molar-refractivity contribution in [2.45, 2.75) is 19.8 Å². The van der Waals surface area contributed by atoms with Crippen LogP contribution in [0.4, 0.5) is 0 Å². The number of nitroso groups, excluding NO2 is 1. The second-order valence-corrected chi connectivity index (χ2v) is 3.69. The zero-order valence-corrected chi connectivity index (χ0v) is 6.80. The summed E-state index contributed by atoms with van der Waals surface area (Å²) < 4.78 is 10.6. The normalized spacial score (nSPS) is 16.2. The van der Waals surface area contributed by atoms with Gasteiger partial charge in [-0.05, 0) is 6.42 Å². The summed E-state index contributed by atoms with van der Waals surface area (Å²) in [7, 11) is -3.38. The van der Waals surface area contributed by atoms with E-state index in [-0.39, 0.29) is 0 Å². The van der Waals surface area contributed by atoms with Crippen LogP contribution in [0.3, 0.4) is 0 Å². The van der Waals surface area contributed by atoms with Crippen LogP contribution in [0.1, 0.15) is 19.8 Å². The molecule has 0 fully saturated rings. The van der Waals surface area contributed by atoms with Gasteiger partial charge in [0.15, 0.2) is 0 Å². The van der Waals surface area contributed by atoms with Gasteiger partial charge in [-0.3, -0.25) is 4.57 Å². The summed E-state index contributed by atoms with van der Waals surface area (Å²) in [6, 6.07) is 0. The Labute approximate surface area is 59.9 Å². The molecule has 0 radical (unpaired) electrons. The second-order valence-electron chi connectivity index (χ2n) is 1.97. The topological polar surface area (TPSA) is 84.5 Å². The van der Waals surface area contributed by atoms with Gasteiger partial charge in [0.2, 0.25) is 0 Å². The average molecular weight is 165 g/mol. The van der Waals surface area contributed by atoms with Gasteiger partial charge in [-0.2, -0.15) is 0 Å². The van der Waals surface area contributed by atoms with Gasteiger partial charge in [-0.15, -0.1) is 4.91 Å². The molecule has 1 atom stereocenters. The van der Waals surface area contributed by atoms with Crippen LogP contribution in [0.2, 0.25) is 0 Å². The third-order valence-electron chi connectivity index (χ3n) is 0.990. The molecule has 0 aliphatic carbocycles. The number of nitrogens with two attached hydrogens (primary N) is 1. The predicted molar refractivity (Wildman–Crippen MR) is 40.5 cm³/mol. The summed E-state index contributed by atoms with van der Waals surface area (Å²) >= 11 is 0. The van der Waals surface area contributed by atoms with E-state index in [0.717, 1.165) is 12.8 Å². The Bertz CT molecular complexity index is 149. The summed E-state index contributed by atoms with van der Waals surface area (Å²) in [5.41, 5.74) is 4.92. The quantitative estimate of drug-likeness (QED) is 0.364. The van der Waals surface area contributed by atoms with Crippen LogP contribution in [-0.4, -0.2) is 6.54 Å². The molecule has 0 aliphatic rings. The standard InChI is InChI=1S/C4H12N3O2P/c1-2-3-4-6-10(5,9)7-8/h2-4H2,1H3,(H3,5,6,9). The van der Waals surface area contributed by atoms with E-state index < -0.39 is 7.59 Å². The summed E-state index contributed by atoms with van der Waals surface area (Å²) in [4.78, 5) is 12.0. The molecule has 0 saturated heterocycles. The monoisotopic (exact) mass is 165 g/mol. The van der Waals surface area contributed by atoms with Crippen LogP contribution in [0.25, 0.3) is 0 Å². The summed E-state index contributed by atoms with van der Waals surface area (Å²) in [6.45, 7) is 2.47. The molecule has 0 amide bonds. The molecule has 0 spiro atoms. The lowest BCUT2D eigenvalue weighted by atomic mass is 10.3. The fourth-order valence-corrected chi connectivity index (χ4v) is 0.981. The van der Waals surface area contributed by atoms with Gasteiger partial charge in [-0.25, -0.2) is 10.6 Å². The molecular weight excluding hydrogens is 153 g/mol. The molecule has 0 heterocycles. The first-order chi connectivity index (χ1) is 4.62. The van der Waals surface area contributed by atoms with Gasteiger partial charge in [0.1, 0.15) is 0 Å². The first-order valence-electron chi connectivity index (χ1n) is 3.11. The summed E-state index contributed by atoms with van der Waals surface area (Å²) in [5.74, 6) is 0. The fraction of sp³-hybridized carbons (Fsp3) is 1.00. The molecule has 1 unspecified atom stereocenters. The first-order valence-corrected chi connectivity index (χ1v) is 4.84. The number of unbranched alkanes of at least 4 members (excludes halogenated alkanes) is 1. The van der Waals surface area contributed by atoms with Crippen molar-refractivity contribution in [1.82, 2.24) is 5.09 Å². The lowest BCUT2D eigenvalue weighted by Gasteiger charge is -2.03. The Hall–Kier alpha value is -0.250. The van der Waals surface area contributed by atoms with Crippen LogP contribution in [0.15, 0.2) is 4.95 Å². The van der Waals surface area contributed by atoms with Gasteiger partial charge in [-0.1, -0.05) is 13.3 Å². The van der Waals surface area contributed by atoms with Gasteiger partial charge < -0.3 is 0 Å². The largest absolute Gasteiger partial charge is 0.359 e. The zero-order valence-electron chi connectivity index (χ0n) is 5.91. The van der Waals surface area contributed by atoms with Crippen molar-refractivity contribution < 1.29 is 4.57 Å². The van der Waals surface area contributed by atoms with Gasteiger partial charge in [0.25, 0.3) is 0 Å². The minimum absolute atomic E-state index is 0.482. The van der Waals surface area contributed by atoms with Crippen LogP contribution < -0.4 is 10.6 Å². The van der Waals surface area contributed by atoms with E-state index in [1.165, 1.54) is 0 Å². The molecular formula is C4H12N3O2P. The Morgan fingerprint density at radius 1 is 1.70 bits per heavy atom. The van der Waals surface area contributed by atoms with Crippen LogP contribution in [0.5, 0.6) is 0 Å². The number of hydrogen-bond acceptors (Lipinski definition) is 2. The highest BCUT2D eigenvalue weighted by Gasteiger charge is 2.12. The Kier molecular flexibility index (Phi) is 4.43. The molecule has 0 rings (SSSR count). The molecule has 6 heteroatoms. The fourth-order valence-electron chi connectivity index (χ4n) is 0.445. The maximum Gasteiger partial charge on any atom is 0.359 e. The molecule has 3 N–H and O–H groups in total. The second kappa shape index (κ2) is 4.55. The van der Waals surface area contributed by atoms with Crippen molar-refractivity contribution in [2.24, 2.45) is 10.5 Å². The summed E-state index contributed by atoms with van der Waals surface area (Å²) in [6.07, 6.45) is 1.81. The SMILES string of the molecule is CCCCNP(N)(=O)N=O. The summed E-state index contributed by atoms with van der Waals surface area (Å²) in [5, 5.41) is 2.36. The van der Waals surface area contributed by atoms with Gasteiger partial charge in [0, 0.05) is 11.5 Å². The van der Waals surface area contributed by atoms with Crippen molar-refractivity contribution in [1.29, 1.82) is 0 Å². The van der Waals surface area contributed by atoms with E-state index in [1.54, 1.807) is 0 Å². The van der Waals surface area contributed by atoms with Crippen molar-refractivity contribution in [3.8, 4) is 0 Å². The minimum Gasteiger partial charge on any atom is -0.259 e. The third-order valence-corrected chi connectivity index (χ3v) is 1.91. The zero-order chi connectivity index (χ0) is 8.04. The van der Waals surface area contributed by atoms with Crippen LogP contribution in [0, 0.1) is 4.91 Å². The maximum absolute atomic E-state index is 10.6. The number of hydrogen-bond donors (Lipinski definition) is 2. The third kappa shape index (κ3) is 4.61. The van der Waals surface area contributed by atoms with E-state index in [9.17, 15) is 9.47 Å². The maximum atomic E-state index is 10.6. The van der Waals surface area contributed by atoms with E-state index in [4.69, 9.17) is 5.50 Å². The Morgan fingerprint density at radius 2 is 2.30 bits per heavy atom. The van der Waals surface area contributed by atoms with Crippen LogP contribution in [-0.2, 0) is 4.57 Å². The number of nitrogens with one attached hydrogen (secondary N) is 1. The van der Waals surface area contributed by atoms with Crippen LogP contribution >= 0.6 is 7.59 Å². The molecule has 0 aromatic rings. The lowest BCUT2D eigenvalue weighted by molar-refractivity contribution is 0.564. The highest BCUT2D eigenvalue weighted by molar-refractivity contribution is 7.57. The number of rotatable bonds is 5. The molecule has 0 aromatic carbocycles. The van der Waals surface area contributed by atoms with Crippen molar-refractivity contribution in [3.63, 3.8) is 0 Å². The lowest BCUT2D eigenvalue weighted by Crippen LogP contribution is -2.15. The molecule has 0 bridgehead atoms. The Balaban J connectivity index is 3.47. The van der Waals surface area contributed by atoms with E-state index >= 15 is 0 Å². The molecule has 5 nitrogen and oxygen atoms in total. The molecule has 0 aliphatic heterocycles. The van der Waals surface area contributed by atoms with Crippen molar-refractivity contribution >= 4 is 7.59 Å². The Morgan fingerprint density at radius 3 is 2.70 bits per heavy atom. The minimum atomic E-state index is -3.38. The van der Waals surface area contributed by atoms with Crippen molar-refractivity contribution in [3.05, 3.63) is 4.91 Å². The highest BCUT2D eigenvalue weighted by Crippen LogP contribution is 2.30. The average Bonchev–Trinajstić information content (AvgIpc) is 1.89. The molecule has 60 valence electrons. The van der Waals surface area contributed by atoms with Gasteiger partial charge >= 0.3 is 7.59 Å². The number of nitrogens with zero attached hydrogens (tertiary/aromatic N) is 1. The van der Waals surface area contributed by atoms with E-state index in [0.29, 0.717) is 6.54 Å². The molecule has 0 saturated carbocycles. The van der Waals surface area contributed by atoms with E-state index in [2.05, 4.69) is 10.0 Å². The first kappa shape index (κ1) is 9.75. The van der Waals surface area contributed by atoms with Crippen molar-refractivity contribution in [2.75, 3.05) is 6.54 Å².